The van der Waals surface area contributed by atoms with E-state index in [1.54, 1.807) is 12.1 Å². The zero-order valence-electron chi connectivity index (χ0n) is 15.4. The predicted molar refractivity (Wildman–Crippen MR) is 106 cm³/mol. The third-order valence-electron chi connectivity index (χ3n) is 4.25. The van der Waals surface area contributed by atoms with Crippen LogP contribution in [0.25, 0.3) is 11.5 Å². The van der Waals surface area contributed by atoms with Gasteiger partial charge < -0.3 is 8.98 Å². The summed E-state index contributed by atoms with van der Waals surface area (Å²) in [6.07, 6.45) is 0.704. The number of nitrogens with zero attached hydrogens (tertiary/aromatic N) is 6. The molecule has 0 saturated heterocycles. The van der Waals surface area contributed by atoms with Gasteiger partial charge in [-0.15, -0.1) is 20.4 Å². The van der Waals surface area contributed by atoms with Gasteiger partial charge in [0.1, 0.15) is 5.82 Å². The minimum atomic E-state index is -0.452. The van der Waals surface area contributed by atoms with E-state index in [4.69, 9.17) is 4.42 Å². The van der Waals surface area contributed by atoms with Crippen molar-refractivity contribution in [3.05, 3.63) is 82.0 Å². The summed E-state index contributed by atoms with van der Waals surface area (Å²) in [5.41, 5.74) is 1.81. The number of rotatable bonds is 7. The highest BCUT2D eigenvalue weighted by Crippen LogP contribution is 2.25. The second kappa shape index (κ2) is 8.23. The van der Waals surface area contributed by atoms with Gasteiger partial charge in [-0.1, -0.05) is 42.1 Å². The highest BCUT2D eigenvalue weighted by molar-refractivity contribution is 7.98. The summed E-state index contributed by atoms with van der Waals surface area (Å²) in [4.78, 5) is 10.3. The van der Waals surface area contributed by atoms with Crippen molar-refractivity contribution >= 4 is 17.4 Å². The van der Waals surface area contributed by atoms with Crippen LogP contribution in [0, 0.1) is 10.1 Å². The first-order chi connectivity index (χ1) is 14.1. The summed E-state index contributed by atoms with van der Waals surface area (Å²) in [5, 5.41) is 28.1. The molecule has 9 nitrogen and oxygen atoms in total. The van der Waals surface area contributed by atoms with Crippen LogP contribution in [-0.4, -0.2) is 29.9 Å². The molecule has 0 aliphatic heterocycles. The van der Waals surface area contributed by atoms with Gasteiger partial charge in [-0.25, -0.2) is 0 Å². The van der Waals surface area contributed by atoms with Gasteiger partial charge in [0.2, 0.25) is 11.8 Å². The first-order valence-corrected chi connectivity index (χ1v) is 9.71. The fourth-order valence-corrected chi connectivity index (χ4v) is 3.45. The fraction of sp³-hybridized carbons (Fsp3) is 0.158. The molecule has 0 spiro atoms. The van der Waals surface area contributed by atoms with Gasteiger partial charge in [-0.05, 0) is 17.7 Å². The van der Waals surface area contributed by atoms with Crippen molar-refractivity contribution in [1.29, 1.82) is 0 Å². The predicted octanol–water partition coefficient (Wildman–Crippen LogP) is 3.66. The van der Waals surface area contributed by atoms with E-state index in [9.17, 15) is 10.1 Å². The molecule has 0 radical (unpaired) electrons. The molecular formula is C19H16N6O3S. The fourth-order valence-electron chi connectivity index (χ4n) is 2.68. The first-order valence-electron chi connectivity index (χ1n) is 8.72. The molecule has 146 valence electrons. The molecule has 0 aliphatic rings. The Morgan fingerprint density at radius 1 is 1.03 bits per heavy atom. The molecule has 10 heteroatoms. The van der Waals surface area contributed by atoms with E-state index in [-0.39, 0.29) is 5.69 Å². The number of benzene rings is 2. The Balaban J connectivity index is 1.40. The van der Waals surface area contributed by atoms with Gasteiger partial charge in [0.05, 0.1) is 10.7 Å². The van der Waals surface area contributed by atoms with Crippen molar-refractivity contribution in [2.45, 2.75) is 17.3 Å². The van der Waals surface area contributed by atoms with Crippen LogP contribution in [0.2, 0.25) is 0 Å². The lowest BCUT2D eigenvalue weighted by Crippen LogP contribution is -2.00. The van der Waals surface area contributed by atoms with E-state index in [0.29, 0.717) is 29.5 Å². The van der Waals surface area contributed by atoms with Crippen LogP contribution < -0.4 is 0 Å². The van der Waals surface area contributed by atoms with Crippen molar-refractivity contribution in [3.8, 4) is 11.5 Å². The summed E-state index contributed by atoms with van der Waals surface area (Å²) in [5.74, 6) is 2.07. The quantitative estimate of drug-likeness (QED) is 0.259. The second-order valence-corrected chi connectivity index (χ2v) is 7.16. The van der Waals surface area contributed by atoms with Gasteiger partial charge in [-0.3, -0.25) is 10.1 Å². The van der Waals surface area contributed by atoms with Crippen molar-refractivity contribution in [1.82, 2.24) is 25.0 Å². The number of nitro groups is 1. The Morgan fingerprint density at radius 3 is 2.52 bits per heavy atom. The number of hydrogen-bond donors (Lipinski definition) is 0. The molecule has 4 aromatic rings. The molecule has 2 heterocycles. The van der Waals surface area contributed by atoms with E-state index in [1.165, 1.54) is 29.5 Å². The molecule has 2 aromatic carbocycles. The molecular weight excluding hydrogens is 392 g/mol. The Hall–Kier alpha value is -3.53. The number of hydrogen-bond acceptors (Lipinski definition) is 8. The molecule has 0 amide bonds. The van der Waals surface area contributed by atoms with Crippen LogP contribution >= 0.6 is 11.8 Å². The summed E-state index contributed by atoms with van der Waals surface area (Å²) < 4.78 is 7.61. The van der Waals surface area contributed by atoms with E-state index < -0.39 is 4.92 Å². The molecule has 29 heavy (non-hydrogen) atoms. The molecule has 0 unspecified atom stereocenters. The molecule has 0 aliphatic carbocycles. The average Bonchev–Trinajstić information content (AvgIpc) is 3.35. The van der Waals surface area contributed by atoms with Crippen LogP contribution in [-0.2, 0) is 19.2 Å². The highest BCUT2D eigenvalue weighted by Gasteiger charge is 2.14. The average molecular weight is 408 g/mol. The Kier molecular flexibility index (Phi) is 5.34. The minimum Gasteiger partial charge on any atom is -0.420 e. The molecule has 4 rings (SSSR count). The summed E-state index contributed by atoms with van der Waals surface area (Å²) in [7, 11) is 1.93. The van der Waals surface area contributed by atoms with Crippen LogP contribution in [0.5, 0.6) is 0 Å². The van der Waals surface area contributed by atoms with E-state index in [2.05, 4.69) is 32.5 Å². The number of non-ortho nitro benzene ring substituents is 1. The number of thioether (sulfide) groups is 1. The molecule has 0 N–H and O–H groups in total. The lowest BCUT2D eigenvalue weighted by atomic mass is 10.1. The van der Waals surface area contributed by atoms with Gasteiger partial charge in [0.25, 0.3) is 5.69 Å². The van der Waals surface area contributed by atoms with Crippen molar-refractivity contribution in [2.24, 2.45) is 7.05 Å². The maximum Gasteiger partial charge on any atom is 0.269 e. The zero-order valence-corrected chi connectivity index (χ0v) is 16.2. The van der Waals surface area contributed by atoms with Crippen molar-refractivity contribution < 1.29 is 9.34 Å². The van der Waals surface area contributed by atoms with Gasteiger partial charge in [0, 0.05) is 31.2 Å². The zero-order chi connectivity index (χ0) is 20.2. The molecule has 0 bridgehead atoms. The van der Waals surface area contributed by atoms with Gasteiger partial charge >= 0.3 is 0 Å². The molecule has 0 atom stereocenters. The smallest absolute Gasteiger partial charge is 0.269 e. The SMILES string of the molecule is Cn1c(Cc2ccccc2)nnc1SCc1nnc(-c2ccc([N+](=O)[O-])cc2)o1. The number of nitro benzene ring substituents is 1. The van der Waals surface area contributed by atoms with Crippen LogP contribution in [0.4, 0.5) is 5.69 Å². The standard InChI is InChI=1S/C19H16N6O3S/c1-24-16(11-13-5-3-2-4-6-13)20-23-19(24)29-12-17-21-22-18(28-17)14-7-9-15(10-8-14)25(26)27/h2-10H,11-12H2,1H3. The summed E-state index contributed by atoms with van der Waals surface area (Å²) >= 11 is 1.45. The Morgan fingerprint density at radius 2 is 1.79 bits per heavy atom. The normalized spacial score (nSPS) is 10.9. The van der Waals surface area contributed by atoms with Crippen LogP contribution in [0.15, 0.2) is 64.2 Å². The molecule has 2 aromatic heterocycles. The highest BCUT2D eigenvalue weighted by atomic mass is 32.2. The van der Waals surface area contributed by atoms with Crippen molar-refractivity contribution in [2.75, 3.05) is 0 Å². The first kappa shape index (κ1) is 18.8. The maximum atomic E-state index is 10.7. The van der Waals surface area contributed by atoms with Crippen molar-refractivity contribution in [3.63, 3.8) is 0 Å². The third-order valence-corrected chi connectivity index (χ3v) is 5.25. The lowest BCUT2D eigenvalue weighted by Gasteiger charge is -2.03. The van der Waals surface area contributed by atoms with E-state index in [0.717, 1.165) is 11.0 Å². The second-order valence-electron chi connectivity index (χ2n) is 6.21. The third kappa shape index (κ3) is 4.32. The minimum absolute atomic E-state index is 0.0117. The molecule has 0 fully saturated rings. The lowest BCUT2D eigenvalue weighted by molar-refractivity contribution is -0.384. The molecule has 0 saturated carbocycles. The largest absolute Gasteiger partial charge is 0.420 e. The topological polar surface area (TPSA) is 113 Å². The van der Waals surface area contributed by atoms with Gasteiger partial charge in [-0.2, -0.15) is 0 Å². The van der Waals surface area contributed by atoms with Gasteiger partial charge in [0.15, 0.2) is 5.16 Å². The Labute approximate surface area is 170 Å². The van der Waals surface area contributed by atoms with Crippen LogP contribution in [0.1, 0.15) is 17.3 Å². The van der Waals surface area contributed by atoms with Crippen LogP contribution in [0.3, 0.4) is 0 Å². The van der Waals surface area contributed by atoms with E-state index >= 15 is 0 Å². The summed E-state index contributed by atoms with van der Waals surface area (Å²) in [6.45, 7) is 0. The summed E-state index contributed by atoms with van der Waals surface area (Å²) in [6, 6.07) is 16.1. The monoisotopic (exact) mass is 408 g/mol. The number of aromatic nitrogens is 5. The Bertz CT molecular complexity index is 1120. The maximum absolute atomic E-state index is 10.7. The van der Waals surface area contributed by atoms with E-state index in [1.807, 2.05) is 29.8 Å².